The van der Waals surface area contributed by atoms with Crippen LogP contribution in [-0.4, -0.2) is 19.2 Å². The lowest BCUT2D eigenvalue weighted by molar-refractivity contribution is 0.450. The summed E-state index contributed by atoms with van der Waals surface area (Å²) in [5.41, 5.74) is 6.51. The number of fused-ring (bicyclic) bond motifs is 1. The highest BCUT2D eigenvalue weighted by atomic mass is 32.2. The van der Waals surface area contributed by atoms with E-state index in [1.807, 2.05) is 6.07 Å². The minimum atomic E-state index is -3.62. The summed E-state index contributed by atoms with van der Waals surface area (Å²) in [4.78, 5) is 4.00. The van der Waals surface area contributed by atoms with Gasteiger partial charge in [-0.05, 0) is 30.4 Å². The van der Waals surface area contributed by atoms with Crippen LogP contribution < -0.4 is 5.73 Å². The minimum absolute atomic E-state index is 0.0874. The van der Waals surface area contributed by atoms with E-state index in [0.29, 0.717) is 16.8 Å². The molecule has 1 heterocycles. The lowest BCUT2D eigenvalue weighted by Crippen LogP contribution is -2.17. The van der Waals surface area contributed by atoms with Crippen molar-refractivity contribution in [3.63, 3.8) is 0 Å². The first-order valence-electron chi connectivity index (χ1n) is 6.20. The number of nitrogen functional groups attached to an aromatic ring is 1. The maximum atomic E-state index is 12.3. The van der Waals surface area contributed by atoms with E-state index in [1.165, 1.54) is 0 Å². The molecule has 1 saturated carbocycles. The van der Waals surface area contributed by atoms with Crippen molar-refractivity contribution in [2.75, 3.05) is 11.5 Å². The largest absolute Gasteiger partial charge is 0.428 e. The fourth-order valence-electron chi connectivity index (χ4n) is 2.23. The van der Waals surface area contributed by atoms with Gasteiger partial charge in [-0.1, -0.05) is 0 Å². The third-order valence-electron chi connectivity index (χ3n) is 3.57. The lowest BCUT2D eigenvalue weighted by atomic mass is 10.1. The standard InChI is InChI=1S/C13H13N3O3S/c14-6-5-13(3-4-13)8-20(17,18)12-16-10-2-1-9(15)7-11(10)19-12/h1-2,7H,3-5,8,15H2. The maximum Gasteiger partial charge on any atom is 0.316 e. The molecule has 1 aromatic carbocycles. The summed E-state index contributed by atoms with van der Waals surface area (Å²) in [6.45, 7) is 0. The number of hydrogen-bond donors (Lipinski definition) is 1. The van der Waals surface area contributed by atoms with Gasteiger partial charge < -0.3 is 10.2 Å². The highest BCUT2D eigenvalue weighted by Gasteiger charge is 2.47. The molecule has 104 valence electrons. The van der Waals surface area contributed by atoms with E-state index in [0.717, 1.165) is 12.8 Å². The number of nitriles is 1. The Bertz CT molecular complexity index is 813. The van der Waals surface area contributed by atoms with Crippen LogP contribution in [0.25, 0.3) is 11.1 Å². The average Bonchev–Trinajstić information content (AvgIpc) is 2.97. The molecule has 0 spiro atoms. The van der Waals surface area contributed by atoms with Crippen LogP contribution >= 0.6 is 0 Å². The van der Waals surface area contributed by atoms with E-state index in [1.54, 1.807) is 18.2 Å². The van der Waals surface area contributed by atoms with Crippen LogP contribution in [0.15, 0.2) is 27.8 Å². The summed E-state index contributed by atoms with van der Waals surface area (Å²) >= 11 is 0. The number of nitrogens with zero attached hydrogens (tertiary/aromatic N) is 2. The molecule has 1 aliphatic carbocycles. The molecule has 0 saturated heterocycles. The van der Waals surface area contributed by atoms with Crippen molar-refractivity contribution in [2.45, 2.75) is 24.5 Å². The third kappa shape index (κ3) is 2.23. The van der Waals surface area contributed by atoms with E-state index in [2.05, 4.69) is 4.98 Å². The van der Waals surface area contributed by atoms with E-state index in [9.17, 15) is 8.42 Å². The van der Waals surface area contributed by atoms with E-state index < -0.39 is 15.3 Å². The number of rotatable bonds is 4. The van der Waals surface area contributed by atoms with E-state index >= 15 is 0 Å². The molecule has 1 aliphatic rings. The lowest BCUT2D eigenvalue weighted by Gasteiger charge is -2.08. The van der Waals surface area contributed by atoms with Crippen LogP contribution in [0.2, 0.25) is 0 Å². The summed E-state index contributed by atoms with van der Waals surface area (Å²) in [5.74, 6) is -0.0874. The topological polar surface area (TPSA) is 110 Å². The molecular formula is C13H13N3O3S. The monoisotopic (exact) mass is 291 g/mol. The summed E-state index contributed by atoms with van der Waals surface area (Å²) in [6.07, 6.45) is 1.76. The number of benzene rings is 1. The minimum Gasteiger partial charge on any atom is -0.428 e. The molecule has 0 radical (unpaired) electrons. The zero-order valence-corrected chi connectivity index (χ0v) is 11.5. The number of aromatic nitrogens is 1. The molecule has 0 aliphatic heterocycles. The molecule has 2 N–H and O–H groups in total. The predicted molar refractivity (Wildman–Crippen MR) is 72.4 cm³/mol. The molecule has 0 atom stereocenters. The number of hydrogen-bond acceptors (Lipinski definition) is 6. The van der Waals surface area contributed by atoms with Crippen LogP contribution in [0.1, 0.15) is 19.3 Å². The normalized spacial score (nSPS) is 16.9. The van der Waals surface area contributed by atoms with E-state index in [-0.39, 0.29) is 17.4 Å². The van der Waals surface area contributed by atoms with Crippen molar-refractivity contribution in [3.8, 4) is 6.07 Å². The van der Waals surface area contributed by atoms with Crippen LogP contribution in [0, 0.1) is 16.7 Å². The van der Waals surface area contributed by atoms with Gasteiger partial charge in [0.2, 0.25) is 9.84 Å². The Labute approximate surface area is 116 Å². The Kier molecular flexibility index (Phi) is 2.73. The molecule has 1 aromatic heterocycles. The smallest absolute Gasteiger partial charge is 0.316 e. The van der Waals surface area contributed by atoms with Crippen molar-refractivity contribution < 1.29 is 12.8 Å². The van der Waals surface area contributed by atoms with Gasteiger partial charge in [0.15, 0.2) is 5.58 Å². The highest BCUT2D eigenvalue weighted by molar-refractivity contribution is 7.91. The van der Waals surface area contributed by atoms with Crippen molar-refractivity contribution in [1.29, 1.82) is 5.26 Å². The van der Waals surface area contributed by atoms with Gasteiger partial charge >= 0.3 is 5.22 Å². The fraction of sp³-hybridized carbons (Fsp3) is 0.385. The van der Waals surface area contributed by atoms with Gasteiger partial charge in [0, 0.05) is 18.2 Å². The van der Waals surface area contributed by atoms with Crippen molar-refractivity contribution in [2.24, 2.45) is 5.41 Å². The molecule has 6 nitrogen and oxygen atoms in total. The second-order valence-corrected chi connectivity index (χ2v) is 7.17. The van der Waals surface area contributed by atoms with Gasteiger partial charge in [-0.2, -0.15) is 10.2 Å². The second-order valence-electron chi connectivity index (χ2n) is 5.30. The summed E-state index contributed by atoms with van der Waals surface area (Å²) < 4.78 is 29.9. The molecule has 0 bridgehead atoms. The zero-order valence-electron chi connectivity index (χ0n) is 10.7. The van der Waals surface area contributed by atoms with Crippen LogP contribution in [0.4, 0.5) is 5.69 Å². The number of sulfone groups is 1. The molecule has 0 amide bonds. The first-order chi connectivity index (χ1) is 9.44. The average molecular weight is 291 g/mol. The molecule has 2 aromatic rings. The Morgan fingerprint density at radius 3 is 2.85 bits per heavy atom. The van der Waals surface area contributed by atoms with Crippen LogP contribution in [-0.2, 0) is 9.84 Å². The Balaban J connectivity index is 1.95. The second kappa shape index (κ2) is 4.21. The van der Waals surface area contributed by atoms with Crippen LogP contribution in [0.5, 0.6) is 0 Å². The Morgan fingerprint density at radius 1 is 1.45 bits per heavy atom. The SMILES string of the molecule is N#CCC1(CS(=O)(=O)c2nc3ccc(N)cc3o2)CC1. The number of oxazole rings is 1. The number of nitrogens with two attached hydrogens (primary N) is 1. The van der Waals surface area contributed by atoms with Crippen molar-refractivity contribution in [3.05, 3.63) is 18.2 Å². The number of anilines is 1. The predicted octanol–water partition coefficient (Wildman–Crippen LogP) is 1.88. The molecule has 1 fully saturated rings. The molecule has 0 unspecified atom stereocenters. The quantitative estimate of drug-likeness (QED) is 0.861. The van der Waals surface area contributed by atoms with Gasteiger partial charge in [0.25, 0.3) is 0 Å². The third-order valence-corrected chi connectivity index (χ3v) is 5.27. The maximum absolute atomic E-state index is 12.3. The van der Waals surface area contributed by atoms with Gasteiger partial charge in [-0.3, -0.25) is 0 Å². The zero-order chi connectivity index (χ0) is 14.4. The first kappa shape index (κ1) is 12.9. The summed E-state index contributed by atoms with van der Waals surface area (Å²) in [6, 6.07) is 6.85. The van der Waals surface area contributed by atoms with E-state index in [4.69, 9.17) is 15.4 Å². The first-order valence-corrected chi connectivity index (χ1v) is 7.85. The van der Waals surface area contributed by atoms with Gasteiger partial charge in [-0.25, -0.2) is 8.42 Å². The summed E-state index contributed by atoms with van der Waals surface area (Å²) in [7, 11) is -3.62. The Morgan fingerprint density at radius 2 is 2.20 bits per heavy atom. The highest BCUT2D eigenvalue weighted by Crippen LogP contribution is 2.50. The van der Waals surface area contributed by atoms with Gasteiger partial charge in [0.1, 0.15) is 5.52 Å². The van der Waals surface area contributed by atoms with Crippen LogP contribution in [0.3, 0.4) is 0 Å². The van der Waals surface area contributed by atoms with Gasteiger partial charge in [-0.15, -0.1) is 0 Å². The molecular weight excluding hydrogens is 278 g/mol. The molecule has 20 heavy (non-hydrogen) atoms. The fourth-order valence-corrected chi connectivity index (χ4v) is 4.01. The van der Waals surface area contributed by atoms with Crippen molar-refractivity contribution in [1.82, 2.24) is 4.98 Å². The molecule has 3 rings (SSSR count). The van der Waals surface area contributed by atoms with Crippen molar-refractivity contribution >= 4 is 26.6 Å². The Hall–Kier alpha value is -2.07. The summed E-state index contributed by atoms with van der Waals surface area (Å²) in [5, 5.41) is 8.47. The van der Waals surface area contributed by atoms with Gasteiger partial charge in [0.05, 0.1) is 11.8 Å². The molecule has 7 heteroatoms.